The summed E-state index contributed by atoms with van der Waals surface area (Å²) in [4.78, 5) is 0. The van der Waals surface area contributed by atoms with Gasteiger partial charge in [-0.1, -0.05) is 32.9 Å². The van der Waals surface area contributed by atoms with E-state index < -0.39 is 0 Å². The van der Waals surface area contributed by atoms with Gasteiger partial charge in [0.15, 0.2) is 0 Å². The zero-order valence-corrected chi connectivity index (χ0v) is 7.87. The molecule has 0 fully saturated rings. The summed E-state index contributed by atoms with van der Waals surface area (Å²) in [6.45, 7) is 7.31. The third-order valence-corrected chi connectivity index (χ3v) is 2.14. The van der Waals surface area contributed by atoms with Crippen molar-refractivity contribution in [2.24, 2.45) is 5.73 Å². The molecule has 0 aliphatic rings. The molecular weight excluding hydrogens is 142 g/mol. The van der Waals surface area contributed by atoms with Gasteiger partial charge in [0, 0.05) is 17.0 Å². The Hall–Kier alpha value is 0.0500. The minimum atomic E-state index is 0.374. The molecule has 0 bridgehead atoms. The maximum atomic E-state index is 5.28. The molecule has 60 valence electrons. The zero-order valence-electron chi connectivity index (χ0n) is 7.05. The second-order valence-electron chi connectivity index (χ2n) is 3.13. The molecule has 0 amide bonds. The second-order valence-corrected chi connectivity index (χ2v) is 4.98. The second kappa shape index (κ2) is 4.80. The van der Waals surface area contributed by atoms with E-state index in [4.69, 9.17) is 5.73 Å². The molecule has 0 spiro atoms. The molecule has 0 atom stereocenters. The predicted octanol–water partition coefficient (Wildman–Crippen LogP) is 2.03. The standard InChI is InChI=1S/C8H17NS/c1-8(2,3)10-7-5-4-6-9/h4-5H,6-7,9H2,1-3H3. The van der Waals surface area contributed by atoms with Gasteiger partial charge in [-0.25, -0.2) is 0 Å². The monoisotopic (exact) mass is 159 g/mol. The molecule has 1 nitrogen and oxygen atoms in total. The van der Waals surface area contributed by atoms with Crippen molar-refractivity contribution < 1.29 is 0 Å². The number of thioether (sulfide) groups is 1. The first kappa shape index (κ1) is 10.0. The van der Waals surface area contributed by atoms with Gasteiger partial charge in [-0.05, 0) is 0 Å². The number of hydrogen-bond acceptors (Lipinski definition) is 2. The molecule has 2 heteroatoms. The van der Waals surface area contributed by atoms with Crippen LogP contribution in [0.25, 0.3) is 0 Å². The summed E-state index contributed by atoms with van der Waals surface area (Å²) in [7, 11) is 0. The number of hydrogen-bond donors (Lipinski definition) is 1. The molecule has 0 unspecified atom stereocenters. The van der Waals surface area contributed by atoms with E-state index in [0.29, 0.717) is 11.3 Å². The maximum Gasteiger partial charge on any atom is 0.0119 e. The first-order chi connectivity index (χ1) is 4.56. The highest BCUT2D eigenvalue weighted by Gasteiger charge is 2.07. The molecule has 2 N–H and O–H groups in total. The lowest BCUT2D eigenvalue weighted by Crippen LogP contribution is -2.07. The fraction of sp³-hybridized carbons (Fsp3) is 0.750. The van der Waals surface area contributed by atoms with E-state index in [9.17, 15) is 0 Å². The van der Waals surface area contributed by atoms with Crippen LogP contribution in [0.15, 0.2) is 12.2 Å². The van der Waals surface area contributed by atoms with Crippen LogP contribution in [0.3, 0.4) is 0 Å². The van der Waals surface area contributed by atoms with Crippen LogP contribution in [0.2, 0.25) is 0 Å². The lowest BCUT2D eigenvalue weighted by Gasteiger charge is -2.15. The smallest absolute Gasteiger partial charge is 0.0119 e. The molecule has 10 heavy (non-hydrogen) atoms. The Kier molecular flexibility index (Phi) is 4.83. The molecule has 0 aliphatic heterocycles. The predicted molar refractivity (Wildman–Crippen MR) is 50.4 cm³/mol. The minimum Gasteiger partial charge on any atom is -0.327 e. The van der Waals surface area contributed by atoms with Crippen molar-refractivity contribution in [3.8, 4) is 0 Å². The molecule has 0 aromatic rings. The lowest BCUT2D eigenvalue weighted by atomic mass is 10.3. The Labute approximate surface area is 68.1 Å². The van der Waals surface area contributed by atoms with Crippen LogP contribution in [-0.2, 0) is 0 Å². The largest absolute Gasteiger partial charge is 0.327 e. The van der Waals surface area contributed by atoms with Crippen molar-refractivity contribution in [3.05, 3.63) is 12.2 Å². The third kappa shape index (κ3) is 8.05. The molecule has 0 aliphatic carbocycles. The Balaban J connectivity index is 3.28. The summed E-state index contributed by atoms with van der Waals surface area (Å²) in [5.41, 5.74) is 5.28. The fourth-order valence-electron chi connectivity index (χ4n) is 0.462. The normalized spacial score (nSPS) is 12.8. The Bertz CT molecular complexity index is 102. The fourth-order valence-corrected chi connectivity index (χ4v) is 1.19. The van der Waals surface area contributed by atoms with Gasteiger partial charge >= 0.3 is 0 Å². The van der Waals surface area contributed by atoms with Gasteiger partial charge < -0.3 is 5.73 Å². The molecule has 0 rings (SSSR count). The van der Waals surface area contributed by atoms with E-state index in [1.165, 1.54) is 0 Å². The highest BCUT2D eigenvalue weighted by molar-refractivity contribution is 8.00. The van der Waals surface area contributed by atoms with E-state index in [2.05, 4.69) is 26.8 Å². The molecule has 0 aromatic heterocycles. The first-order valence-electron chi connectivity index (χ1n) is 3.55. The summed E-state index contributed by atoms with van der Waals surface area (Å²) in [6, 6.07) is 0. The van der Waals surface area contributed by atoms with Gasteiger partial charge in [0.05, 0.1) is 0 Å². The number of rotatable bonds is 3. The summed E-state index contributed by atoms with van der Waals surface area (Å²) in [5, 5.41) is 0. The van der Waals surface area contributed by atoms with E-state index in [0.717, 1.165) is 5.75 Å². The van der Waals surface area contributed by atoms with E-state index in [-0.39, 0.29) is 0 Å². The average Bonchev–Trinajstić information content (AvgIpc) is 1.78. The van der Waals surface area contributed by atoms with Crippen LogP contribution in [0.5, 0.6) is 0 Å². The summed E-state index contributed by atoms with van der Waals surface area (Å²) < 4.78 is 0.374. The maximum absolute atomic E-state index is 5.28. The van der Waals surface area contributed by atoms with Crippen molar-refractivity contribution in [2.75, 3.05) is 12.3 Å². The molecule has 0 aromatic carbocycles. The number of nitrogens with two attached hydrogens (primary N) is 1. The van der Waals surface area contributed by atoms with Gasteiger partial charge in [-0.15, -0.1) is 0 Å². The topological polar surface area (TPSA) is 26.0 Å². The Morgan fingerprint density at radius 3 is 2.30 bits per heavy atom. The molecule has 0 heterocycles. The van der Waals surface area contributed by atoms with Crippen molar-refractivity contribution in [2.45, 2.75) is 25.5 Å². The van der Waals surface area contributed by atoms with E-state index >= 15 is 0 Å². The molecular formula is C8H17NS. The van der Waals surface area contributed by atoms with E-state index in [1.807, 2.05) is 17.8 Å². The SMILES string of the molecule is CC(C)(C)SCC=CCN. The van der Waals surface area contributed by atoms with Crippen molar-refractivity contribution >= 4 is 11.8 Å². The summed E-state index contributed by atoms with van der Waals surface area (Å²) in [5.74, 6) is 1.07. The molecule has 0 radical (unpaired) electrons. The van der Waals surface area contributed by atoms with Crippen LogP contribution in [0.1, 0.15) is 20.8 Å². The molecule has 0 saturated heterocycles. The first-order valence-corrected chi connectivity index (χ1v) is 4.54. The van der Waals surface area contributed by atoms with Crippen molar-refractivity contribution in [3.63, 3.8) is 0 Å². The van der Waals surface area contributed by atoms with Gasteiger partial charge in [-0.3, -0.25) is 0 Å². The van der Waals surface area contributed by atoms with Gasteiger partial charge in [0.25, 0.3) is 0 Å². The minimum absolute atomic E-state index is 0.374. The van der Waals surface area contributed by atoms with Crippen LogP contribution in [0.4, 0.5) is 0 Å². The van der Waals surface area contributed by atoms with Gasteiger partial charge in [-0.2, -0.15) is 11.8 Å². The van der Waals surface area contributed by atoms with Crippen molar-refractivity contribution in [1.29, 1.82) is 0 Å². The zero-order chi connectivity index (χ0) is 8.04. The summed E-state index contributed by atoms with van der Waals surface area (Å²) >= 11 is 1.93. The van der Waals surface area contributed by atoms with Crippen LogP contribution >= 0.6 is 11.8 Å². The highest BCUT2D eigenvalue weighted by atomic mass is 32.2. The van der Waals surface area contributed by atoms with Crippen LogP contribution in [-0.4, -0.2) is 17.0 Å². The van der Waals surface area contributed by atoms with Gasteiger partial charge in [0.2, 0.25) is 0 Å². The molecule has 0 saturated carbocycles. The van der Waals surface area contributed by atoms with Crippen molar-refractivity contribution in [1.82, 2.24) is 0 Å². The highest BCUT2D eigenvalue weighted by Crippen LogP contribution is 2.22. The summed E-state index contributed by atoms with van der Waals surface area (Å²) in [6.07, 6.45) is 4.12. The Morgan fingerprint density at radius 1 is 1.30 bits per heavy atom. The van der Waals surface area contributed by atoms with Crippen LogP contribution in [0, 0.1) is 0 Å². The average molecular weight is 159 g/mol. The lowest BCUT2D eigenvalue weighted by molar-refractivity contribution is 0.804. The Morgan fingerprint density at radius 2 is 1.90 bits per heavy atom. The van der Waals surface area contributed by atoms with E-state index in [1.54, 1.807) is 0 Å². The third-order valence-electron chi connectivity index (χ3n) is 0.915. The quantitative estimate of drug-likeness (QED) is 0.638. The van der Waals surface area contributed by atoms with Gasteiger partial charge in [0.1, 0.15) is 0 Å². The van der Waals surface area contributed by atoms with Crippen LogP contribution < -0.4 is 5.73 Å².